The van der Waals surface area contributed by atoms with Gasteiger partial charge < -0.3 is 20.3 Å². The highest BCUT2D eigenvalue weighted by Gasteiger charge is 2.54. The second kappa shape index (κ2) is 10.1. The molecule has 37 heavy (non-hydrogen) atoms. The first kappa shape index (κ1) is 24.5. The minimum absolute atomic E-state index is 0.394. The van der Waals surface area contributed by atoms with Gasteiger partial charge in [0.05, 0.1) is 13.2 Å². The number of nitrogens with zero attached hydrogens (tertiary/aromatic N) is 2. The number of carbonyl (C=O) groups is 3. The monoisotopic (exact) mass is 498 g/mol. The summed E-state index contributed by atoms with van der Waals surface area (Å²) in [5.74, 6) is -0.934. The molecule has 0 aromatic heterocycles. The van der Waals surface area contributed by atoms with Crippen LogP contribution in [0.4, 0.5) is 16.2 Å². The smallest absolute Gasteiger partial charge is 0.326 e. The summed E-state index contributed by atoms with van der Waals surface area (Å²) in [5.41, 5.74) is 3.62. The van der Waals surface area contributed by atoms with Gasteiger partial charge in [0.15, 0.2) is 5.54 Å². The zero-order valence-electron chi connectivity index (χ0n) is 21.0. The molecule has 0 bridgehead atoms. The van der Waals surface area contributed by atoms with Crippen LogP contribution >= 0.6 is 0 Å². The van der Waals surface area contributed by atoms with E-state index in [4.69, 9.17) is 4.74 Å². The molecule has 0 saturated carbocycles. The minimum atomic E-state index is -1.41. The number of ether oxygens (including phenoxy) is 1. The number of rotatable bonds is 6. The van der Waals surface area contributed by atoms with Gasteiger partial charge in [0.25, 0.3) is 5.91 Å². The number of hydrogen-bond donors (Lipinski definition) is 2. The number of anilines is 2. The Labute approximate surface area is 216 Å². The maximum atomic E-state index is 13.9. The summed E-state index contributed by atoms with van der Waals surface area (Å²) in [6, 6.07) is 21.7. The SMILES string of the molecule is Cc1ccc(C2(c3ccccc3)NC(=O)N(CC(=O)Nc3ccc(N4CCOCC4)cc3)C2=O)cc1C. The number of hydrogen-bond acceptors (Lipinski definition) is 5. The van der Waals surface area contributed by atoms with Crippen LogP contribution in [0.15, 0.2) is 72.8 Å². The molecule has 0 radical (unpaired) electrons. The molecule has 2 aliphatic heterocycles. The van der Waals surface area contributed by atoms with E-state index in [1.165, 1.54) is 0 Å². The Balaban J connectivity index is 1.36. The topological polar surface area (TPSA) is 91.0 Å². The first-order valence-electron chi connectivity index (χ1n) is 12.4. The summed E-state index contributed by atoms with van der Waals surface area (Å²) < 4.78 is 5.40. The summed E-state index contributed by atoms with van der Waals surface area (Å²) in [6.07, 6.45) is 0. The minimum Gasteiger partial charge on any atom is -0.378 e. The van der Waals surface area contributed by atoms with E-state index in [0.29, 0.717) is 30.0 Å². The first-order chi connectivity index (χ1) is 17.9. The van der Waals surface area contributed by atoms with E-state index in [-0.39, 0.29) is 0 Å². The van der Waals surface area contributed by atoms with E-state index in [2.05, 4.69) is 15.5 Å². The number of morpholine rings is 1. The van der Waals surface area contributed by atoms with E-state index in [9.17, 15) is 14.4 Å². The Morgan fingerprint density at radius 2 is 1.62 bits per heavy atom. The molecule has 8 nitrogen and oxygen atoms in total. The molecule has 0 spiro atoms. The van der Waals surface area contributed by atoms with Crippen LogP contribution in [-0.2, 0) is 19.9 Å². The maximum Gasteiger partial charge on any atom is 0.326 e. The highest BCUT2D eigenvalue weighted by molar-refractivity contribution is 6.12. The lowest BCUT2D eigenvalue weighted by molar-refractivity contribution is -0.133. The predicted octanol–water partition coefficient (Wildman–Crippen LogP) is 3.57. The van der Waals surface area contributed by atoms with Gasteiger partial charge in [-0.05, 0) is 60.4 Å². The average molecular weight is 499 g/mol. The van der Waals surface area contributed by atoms with Gasteiger partial charge in [-0.25, -0.2) is 4.79 Å². The lowest BCUT2D eigenvalue weighted by atomic mass is 9.81. The summed E-state index contributed by atoms with van der Waals surface area (Å²) in [5, 5.41) is 5.71. The molecule has 2 fully saturated rings. The van der Waals surface area contributed by atoms with Crippen LogP contribution < -0.4 is 15.5 Å². The summed E-state index contributed by atoms with van der Waals surface area (Å²) in [4.78, 5) is 43.1. The quantitative estimate of drug-likeness (QED) is 0.507. The Bertz CT molecular complexity index is 1320. The molecule has 5 rings (SSSR count). The van der Waals surface area contributed by atoms with Gasteiger partial charge >= 0.3 is 6.03 Å². The van der Waals surface area contributed by atoms with E-state index >= 15 is 0 Å². The molecule has 3 aromatic carbocycles. The standard InChI is InChI=1S/C29H30N4O4/c1-20-8-9-23(18-21(20)2)29(22-6-4-3-5-7-22)27(35)33(28(36)31-29)19-26(34)30-24-10-12-25(13-11-24)32-14-16-37-17-15-32/h3-13,18H,14-17,19H2,1-2H3,(H,30,34)(H,31,36). The molecule has 2 N–H and O–H groups in total. The number of imide groups is 1. The third-order valence-electron chi connectivity index (χ3n) is 7.08. The summed E-state index contributed by atoms with van der Waals surface area (Å²) in [7, 11) is 0. The number of urea groups is 1. The van der Waals surface area contributed by atoms with Crippen LogP contribution in [0.2, 0.25) is 0 Å². The van der Waals surface area contributed by atoms with Gasteiger partial charge in [0.1, 0.15) is 6.54 Å². The Morgan fingerprint density at radius 1 is 0.919 bits per heavy atom. The Kier molecular flexibility index (Phi) is 6.67. The molecule has 4 amide bonds. The second-order valence-electron chi connectivity index (χ2n) is 9.43. The van der Waals surface area contributed by atoms with E-state index in [1.807, 2.05) is 86.6 Å². The van der Waals surface area contributed by atoms with Crippen molar-refractivity contribution in [1.82, 2.24) is 10.2 Å². The van der Waals surface area contributed by atoms with Crippen molar-refractivity contribution in [2.75, 3.05) is 43.1 Å². The lowest BCUT2D eigenvalue weighted by Gasteiger charge is -2.29. The van der Waals surface area contributed by atoms with Crippen LogP contribution in [0, 0.1) is 13.8 Å². The molecule has 0 aliphatic carbocycles. The fourth-order valence-corrected chi connectivity index (χ4v) is 4.86. The number of aryl methyl sites for hydroxylation is 2. The van der Waals surface area contributed by atoms with Gasteiger partial charge in [0.2, 0.25) is 5.91 Å². The highest BCUT2D eigenvalue weighted by Crippen LogP contribution is 2.36. The summed E-state index contributed by atoms with van der Waals surface area (Å²) in [6.45, 7) is 6.59. The predicted molar refractivity (Wildman–Crippen MR) is 141 cm³/mol. The van der Waals surface area contributed by atoms with Crippen molar-refractivity contribution in [3.05, 3.63) is 95.1 Å². The van der Waals surface area contributed by atoms with Gasteiger partial charge in [-0.2, -0.15) is 0 Å². The number of nitrogens with one attached hydrogen (secondary N) is 2. The van der Waals surface area contributed by atoms with Crippen molar-refractivity contribution in [3.8, 4) is 0 Å². The second-order valence-corrected chi connectivity index (χ2v) is 9.43. The van der Waals surface area contributed by atoms with Crippen LogP contribution in [0.1, 0.15) is 22.3 Å². The highest BCUT2D eigenvalue weighted by atomic mass is 16.5. The number of benzene rings is 3. The van der Waals surface area contributed by atoms with Crippen molar-refractivity contribution in [2.24, 2.45) is 0 Å². The Morgan fingerprint density at radius 3 is 2.30 bits per heavy atom. The molecule has 2 aliphatic rings. The summed E-state index contributed by atoms with van der Waals surface area (Å²) >= 11 is 0. The zero-order valence-corrected chi connectivity index (χ0v) is 21.0. The van der Waals surface area contributed by atoms with Crippen molar-refractivity contribution in [2.45, 2.75) is 19.4 Å². The number of carbonyl (C=O) groups excluding carboxylic acids is 3. The molecular formula is C29H30N4O4. The van der Waals surface area contributed by atoms with E-state index in [1.54, 1.807) is 0 Å². The molecule has 8 heteroatoms. The Hall–Kier alpha value is -4.17. The van der Waals surface area contributed by atoms with Crippen LogP contribution in [0.3, 0.4) is 0 Å². The maximum absolute atomic E-state index is 13.9. The molecule has 2 saturated heterocycles. The third-order valence-corrected chi connectivity index (χ3v) is 7.08. The normalized spacial score (nSPS) is 19.6. The van der Waals surface area contributed by atoms with Gasteiger partial charge in [-0.1, -0.05) is 48.5 Å². The third kappa shape index (κ3) is 4.68. The molecule has 2 heterocycles. The van der Waals surface area contributed by atoms with Crippen molar-refractivity contribution in [3.63, 3.8) is 0 Å². The van der Waals surface area contributed by atoms with Crippen molar-refractivity contribution in [1.29, 1.82) is 0 Å². The number of amides is 4. The molecular weight excluding hydrogens is 468 g/mol. The fourth-order valence-electron chi connectivity index (χ4n) is 4.86. The first-order valence-corrected chi connectivity index (χ1v) is 12.4. The molecule has 3 aromatic rings. The van der Waals surface area contributed by atoms with E-state index < -0.39 is 29.9 Å². The van der Waals surface area contributed by atoms with Crippen LogP contribution in [0.25, 0.3) is 0 Å². The van der Waals surface area contributed by atoms with Gasteiger partial charge in [-0.15, -0.1) is 0 Å². The van der Waals surface area contributed by atoms with Crippen molar-refractivity contribution >= 4 is 29.2 Å². The van der Waals surface area contributed by atoms with Crippen molar-refractivity contribution < 1.29 is 19.1 Å². The van der Waals surface area contributed by atoms with Crippen LogP contribution in [-0.4, -0.2) is 55.6 Å². The van der Waals surface area contributed by atoms with E-state index in [0.717, 1.165) is 34.8 Å². The average Bonchev–Trinajstić information content (AvgIpc) is 3.17. The molecule has 1 atom stereocenters. The fraction of sp³-hybridized carbons (Fsp3) is 0.276. The zero-order chi connectivity index (χ0) is 26.0. The van der Waals surface area contributed by atoms with Gasteiger partial charge in [-0.3, -0.25) is 14.5 Å². The lowest BCUT2D eigenvalue weighted by Crippen LogP contribution is -2.45. The molecule has 190 valence electrons. The molecule has 1 unspecified atom stereocenters. The van der Waals surface area contributed by atoms with Crippen LogP contribution in [0.5, 0.6) is 0 Å². The largest absolute Gasteiger partial charge is 0.378 e. The van der Waals surface area contributed by atoms with Gasteiger partial charge in [0, 0.05) is 24.5 Å².